The number of fused-ring (bicyclic) bond motifs is 1. The second-order valence-electron chi connectivity index (χ2n) is 12.1. The molecule has 4 rings (SSSR count). The molecule has 0 bridgehead atoms. The Kier molecular flexibility index (Phi) is 14.2. The van der Waals surface area contributed by atoms with E-state index < -0.39 is 12.0 Å². The van der Waals surface area contributed by atoms with Crippen LogP contribution < -0.4 is 5.32 Å². The molecular weight excluding hydrogens is 602 g/mol. The maximum Gasteiger partial charge on any atom is 0.309 e. The first kappa shape index (κ1) is 35.9. The Morgan fingerprint density at radius 2 is 1.56 bits per heavy atom. The van der Waals surface area contributed by atoms with Gasteiger partial charge in [-0.3, -0.25) is 14.4 Å². The summed E-state index contributed by atoms with van der Waals surface area (Å²) in [5.74, 6) is -1.92. The van der Waals surface area contributed by atoms with E-state index in [4.69, 9.17) is 4.74 Å². The standard InChI is InChI=1S/C40H47N3O5/c1-3-5-19-33(24-30-15-8-6-9-16-30)40(47)48-29-35(25-34-27-41-37-21-13-12-20-36(34)37)42-39(46)32(14-4-2)26-38(45)43(22-23-44)28-31-17-10-7-11-18-31/h3-4,6-13,15-18,20-21,27,32-33,35,41,44H,1-2,5,14,19,22-26,28-29H2,(H,42,46). The lowest BCUT2D eigenvalue weighted by Gasteiger charge is -2.26. The molecule has 0 saturated carbocycles. The first-order chi connectivity index (χ1) is 23.4. The van der Waals surface area contributed by atoms with Crippen LogP contribution in [0, 0.1) is 11.8 Å². The highest BCUT2D eigenvalue weighted by Crippen LogP contribution is 2.22. The van der Waals surface area contributed by atoms with Crippen molar-refractivity contribution < 1.29 is 24.2 Å². The summed E-state index contributed by atoms with van der Waals surface area (Å²) in [5, 5.41) is 13.8. The van der Waals surface area contributed by atoms with Gasteiger partial charge in [0.25, 0.3) is 0 Å². The average molecular weight is 650 g/mol. The number of allylic oxidation sites excluding steroid dienone is 2. The van der Waals surface area contributed by atoms with Gasteiger partial charge in [0.1, 0.15) is 6.61 Å². The molecule has 1 aromatic heterocycles. The molecule has 0 fully saturated rings. The number of aromatic amines is 1. The van der Waals surface area contributed by atoms with Gasteiger partial charge in [0.15, 0.2) is 0 Å². The smallest absolute Gasteiger partial charge is 0.309 e. The lowest BCUT2D eigenvalue weighted by atomic mass is 9.94. The van der Waals surface area contributed by atoms with Gasteiger partial charge in [-0.05, 0) is 54.9 Å². The number of nitrogens with zero attached hydrogens (tertiary/aromatic N) is 1. The first-order valence-electron chi connectivity index (χ1n) is 16.6. The van der Waals surface area contributed by atoms with Gasteiger partial charge in [0.2, 0.25) is 11.8 Å². The van der Waals surface area contributed by atoms with Gasteiger partial charge in [0, 0.05) is 36.6 Å². The third-order valence-corrected chi connectivity index (χ3v) is 8.47. The highest BCUT2D eigenvalue weighted by molar-refractivity contribution is 5.86. The Labute approximate surface area is 283 Å². The molecule has 8 nitrogen and oxygen atoms in total. The summed E-state index contributed by atoms with van der Waals surface area (Å²) in [7, 11) is 0. The third-order valence-electron chi connectivity index (χ3n) is 8.47. The van der Waals surface area contributed by atoms with Crippen LogP contribution in [0.1, 0.15) is 42.4 Å². The number of benzene rings is 3. The van der Waals surface area contributed by atoms with Crippen LogP contribution in [0.3, 0.4) is 0 Å². The van der Waals surface area contributed by atoms with Crippen molar-refractivity contribution in [3.63, 3.8) is 0 Å². The molecule has 0 aliphatic carbocycles. The minimum Gasteiger partial charge on any atom is -0.463 e. The van der Waals surface area contributed by atoms with Crippen molar-refractivity contribution in [2.24, 2.45) is 11.8 Å². The maximum absolute atomic E-state index is 13.8. The number of aliphatic hydroxyl groups is 1. The van der Waals surface area contributed by atoms with Gasteiger partial charge >= 0.3 is 5.97 Å². The van der Waals surface area contributed by atoms with E-state index >= 15 is 0 Å². The van der Waals surface area contributed by atoms with Crippen molar-refractivity contribution in [2.75, 3.05) is 19.8 Å². The molecule has 0 radical (unpaired) electrons. The number of hydrogen-bond acceptors (Lipinski definition) is 5. The predicted molar refractivity (Wildman–Crippen MR) is 190 cm³/mol. The molecule has 0 saturated heterocycles. The van der Waals surface area contributed by atoms with Gasteiger partial charge in [-0.15, -0.1) is 13.2 Å². The van der Waals surface area contributed by atoms with Crippen LogP contribution in [0.25, 0.3) is 10.9 Å². The Balaban J connectivity index is 1.49. The Morgan fingerprint density at radius 3 is 2.25 bits per heavy atom. The Hall–Kier alpha value is -4.95. The van der Waals surface area contributed by atoms with E-state index in [2.05, 4.69) is 23.5 Å². The number of carbonyl (C=O) groups is 3. The zero-order valence-corrected chi connectivity index (χ0v) is 27.6. The van der Waals surface area contributed by atoms with E-state index in [0.717, 1.165) is 27.6 Å². The summed E-state index contributed by atoms with van der Waals surface area (Å²) >= 11 is 0. The van der Waals surface area contributed by atoms with Gasteiger partial charge < -0.3 is 25.0 Å². The number of H-pyrrole nitrogens is 1. The molecule has 3 atom stereocenters. The molecule has 2 amide bonds. The fourth-order valence-electron chi connectivity index (χ4n) is 5.90. The Bertz CT molecular complexity index is 1620. The molecule has 4 aromatic rings. The number of para-hydroxylation sites is 1. The second kappa shape index (κ2) is 19.0. The van der Waals surface area contributed by atoms with E-state index in [1.165, 1.54) is 0 Å². The monoisotopic (exact) mass is 649 g/mol. The van der Waals surface area contributed by atoms with E-state index in [0.29, 0.717) is 32.2 Å². The van der Waals surface area contributed by atoms with Crippen LogP contribution in [0.4, 0.5) is 0 Å². The van der Waals surface area contributed by atoms with Crippen molar-refractivity contribution in [3.8, 4) is 0 Å². The number of hydrogen-bond donors (Lipinski definition) is 3. The minimum atomic E-state index is -0.688. The summed E-state index contributed by atoms with van der Waals surface area (Å²) < 4.78 is 5.93. The number of esters is 1. The highest BCUT2D eigenvalue weighted by Gasteiger charge is 2.28. The zero-order valence-electron chi connectivity index (χ0n) is 27.6. The van der Waals surface area contributed by atoms with Crippen LogP contribution in [0.5, 0.6) is 0 Å². The summed E-state index contributed by atoms with van der Waals surface area (Å²) in [6.07, 6.45) is 7.82. The fraction of sp³-hybridized carbons (Fsp3) is 0.325. The van der Waals surface area contributed by atoms with Crippen LogP contribution in [-0.4, -0.2) is 58.6 Å². The van der Waals surface area contributed by atoms with Gasteiger partial charge in [-0.1, -0.05) is 91.0 Å². The molecule has 3 N–H and O–H groups in total. The number of carbonyl (C=O) groups excluding carboxylic acids is 3. The summed E-state index contributed by atoms with van der Waals surface area (Å²) in [4.78, 5) is 45.6. The van der Waals surface area contributed by atoms with E-state index in [1.807, 2.05) is 91.1 Å². The lowest BCUT2D eigenvalue weighted by Crippen LogP contribution is -2.45. The lowest BCUT2D eigenvalue weighted by molar-refractivity contribution is -0.150. The largest absolute Gasteiger partial charge is 0.463 e. The summed E-state index contributed by atoms with van der Waals surface area (Å²) in [6, 6.07) is 26.7. The summed E-state index contributed by atoms with van der Waals surface area (Å²) in [5.41, 5.74) is 3.93. The first-order valence-corrected chi connectivity index (χ1v) is 16.6. The molecular formula is C40H47N3O5. The van der Waals surface area contributed by atoms with Gasteiger partial charge in [-0.25, -0.2) is 0 Å². The minimum absolute atomic E-state index is 0.0249. The molecule has 3 unspecified atom stereocenters. The van der Waals surface area contributed by atoms with Crippen molar-refractivity contribution >= 4 is 28.7 Å². The number of ether oxygens (including phenoxy) is 1. The fourth-order valence-corrected chi connectivity index (χ4v) is 5.90. The Morgan fingerprint density at radius 1 is 0.875 bits per heavy atom. The molecule has 48 heavy (non-hydrogen) atoms. The van der Waals surface area contributed by atoms with E-state index in [1.54, 1.807) is 17.1 Å². The molecule has 0 aliphatic heterocycles. The van der Waals surface area contributed by atoms with Crippen LogP contribution >= 0.6 is 0 Å². The normalized spacial score (nSPS) is 12.9. The van der Waals surface area contributed by atoms with Crippen LogP contribution in [0.15, 0.2) is 116 Å². The number of nitrogens with one attached hydrogen (secondary N) is 2. The molecule has 1 heterocycles. The highest BCUT2D eigenvalue weighted by atomic mass is 16.5. The van der Waals surface area contributed by atoms with Crippen molar-refractivity contribution in [1.82, 2.24) is 15.2 Å². The average Bonchev–Trinajstić information content (AvgIpc) is 3.51. The van der Waals surface area contributed by atoms with Crippen molar-refractivity contribution in [2.45, 2.75) is 51.1 Å². The molecule has 0 aliphatic rings. The quantitative estimate of drug-likeness (QED) is 0.0784. The summed E-state index contributed by atoms with van der Waals surface area (Å²) in [6.45, 7) is 7.92. The molecule has 3 aromatic carbocycles. The molecule has 0 spiro atoms. The van der Waals surface area contributed by atoms with Crippen LogP contribution in [0.2, 0.25) is 0 Å². The van der Waals surface area contributed by atoms with E-state index in [-0.39, 0.29) is 56.3 Å². The third kappa shape index (κ3) is 10.8. The molecule has 8 heteroatoms. The molecule has 252 valence electrons. The van der Waals surface area contributed by atoms with Crippen molar-refractivity contribution in [1.29, 1.82) is 0 Å². The predicted octanol–water partition coefficient (Wildman–Crippen LogP) is 6.17. The maximum atomic E-state index is 13.8. The second-order valence-corrected chi connectivity index (χ2v) is 12.1. The number of aliphatic hydroxyl groups excluding tert-OH is 1. The number of rotatable bonds is 20. The van der Waals surface area contributed by atoms with Crippen LogP contribution in [-0.2, 0) is 38.5 Å². The SMILES string of the molecule is C=CCCC(Cc1ccccc1)C(=O)OCC(Cc1c[nH]c2ccccc12)NC(=O)C(CC=C)CC(=O)N(CCO)Cc1ccccc1. The topological polar surface area (TPSA) is 112 Å². The van der Waals surface area contributed by atoms with Crippen molar-refractivity contribution in [3.05, 3.63) is 133 Å². The van der Waals surface area contributed by atoms with E-state index in [9.17, 15) is 19.5 Å². The van der Waals surface area contributed by atoms with Gasteiger partial charge in [-0.2, -0.15) is 0 Å². The van der Waals surface area contributed by atoms with Gasteiger partial charge in [0.05, 0.1) is 24.5 Å². The zero-order chi connectivity index (χ0) is 34.1. The number of amides is 2. The number of aromatic nitrogens is 1.